The van der Waals surface area contributed by atoms with Gasteiger partial charge in [-0.1, -0.05) is 53.7 Å². The number of carbonyl (C=O) groups excluding carboxylic acids is 1. The van der Waals surface area contributed by atoms with Gasteiger partial charge in [-0.05, 0) is 57.7 Å². The molecule has 0 aliphatic carbocycles. The summed E-state index contributed by atoms with van der Waals surface area (Å²) in [6.45, 7) is 19.5. The molecule has 1 fully saturated rings. The molecule has 0 spiro atoms. The summed E-state index contributed by atoms with van der Waals surface area (Å²) in [4.78, 5) is 12.7. The molecule has 1 aliphatic heterocycles. The zero-order valence-corrected chi connectivity index (χ0v) is 22.4. The van der Waals surface area contributed by atoms with Crippen molar-refractivity contribution in [2.45, 2.75) is 103 Å². The van der Waals surface area contributed by atoms with E-state index in [1.165, 1.54) is 0 Å². The second kappa shape index (κ2) is 9.35. The highest BCUT2D eigenvalue weighted by molar-refractivity contribution is 6.73. The molecular formula is C25H43NO5Si. The lowest BCUT2D eigenvalue weighted by Crippen LogP contribution is -2.69. The Labute approximate surface area is 195 Å². The van der Waals surface area contributed by atoms with Crippen LogP contribution in [0.15, 0.2) is 24.3 Å². The van der Waals surface area contributed by atoms with Crippen molar-refractivity contribution in [3.8, 4) is 5.75 Å². The highest BCUT2D eigenvalue weighted by Gasteiger charge is 2.62. The Morgan fingerprint density at radius 3 is 1.94 bits per heavy atom. The first-order chi connectivity index (χ1) is 14.5. The molecule has 0 saturated carbocycles. The Kier molecular flexibility index (Phi) is 7.80. The molecule has 1 aromatic rings. The van der Waals surface area contributed by atoms with Gasteiger partial charge in [0.25, 0.3) is 0 Å². The number of rotatable bonds is 5. The first-order valence-corrected chi connectivity index (χ1v) is 13.4. The number of phenolic OH excluding ortho intramolecular Hbond substituents is 1. The third-order valence-electron chi connectivity index (χ3n) is 5.90. The van der Waals surface area contributed by atoms with Crippen molar-refractivity contribution >= 4 is 14.7 Å². The van der Waals surface area contributed by atoms with E-state index < -0.39 is 25.8 Å². The fourth-order valence-electron chi connectivity index (χ4n) is 4.65. The smallest absolute Gasteiger partial charge is 0.408 e. The number of alkyl carbamates (subject to hydrolysis) is 1. The van der Waals surface area contributed by atoms with Gasteiger partial charge in [-0.2, -0.15) is 0 Å². The van der Waals surface area contributed by atoms with E-state index in [0.717, 1.165) is 18.4 Å². The molecule has 0 unspecified atom stereocenters. The van der Waals surface area contributed by atoms with Gasteiger partial charge in [0.2, 0.25) is 0 Å². The maximum absolute atomic E-state index is 12.7. The van der Waals surface area contributed by atoms with E-state index in [-0.39, 0.29) is 15.8 Å². The van der Waals surface area contributed by atoms with Gasteiger partial charge < -0.3 is 24.0 Å². The van der Waals surface area contributed by atoms with E-state index in [2.05, 4.69) is 46.9 Å². The topological polar surface area (TPSA) is 77.0 Å². The second-order valence-corrected chi connectivity index (χ2v) is 16.9. The number of aromatic hydroxyl groups is 1. The Morgan fingerprint density at radius 2 is 1.50 bits per heavy atom. The summed E-state index contributed by atoms with van der Waals surface area (Å²) in [6.07, 6.45) is 1.92. The minimum absolute atomic E-state index is 0.116. The number of phenols is 1. The molecule has 7 heteroatoms. The van der Waals surface area contributed by atoms with Gasteiger partial charge in [0.15, 0.2) is 0 Å². The number of hydrogen-bond acceptors (Lipinski definition) is 5. The van der Waals surface area contributed by atoms with Gasteiger partial charge in [0.05, 0.1) is 18.8 Å². The molecular weight excluding hydrogens is 422 g/mol. The van der Waals surface area contributed by atoms with E-state index >= 15 is 0 Å². The normalized spacial score (nSPS) is 18.8. The third-order valence-corrected chi connectivity index (χ3v) is 11.0. The summed E-state index contributed by atoms with van der Waals surface area (Å²) < 4.78 is 18.9. The van der Waals surface area contributed by atoms with Crippen LogP contribution >= 0.6 is 0 Å². The molecule has 1 saturated heterocycles. The molecule has 1 aliphatic rings. The number of amides is 1. The highest BCUT2D eigenvalue weighted by Crippen LogP contribution is 2.54. The number of nitrogens with one attached hydrogen (secondary N) is 1. The quantitative estimate of drug-likeness (QED) is 0.516. The fraction of sp³-hybridized carbons (Fsp3) is 0.720. The summed E-state index contributed by atoms with van der Waals surface area (Å²) in [7, 11) is -2.60. The Hall–Kier alpha value is -1.57. The zero-order valence-electron chi connectivity index (χ0n) is 21.4. The predicted octanol–water partition coefficient (Wildman–Crippen LogP) is 6.07. The van der Waals surface area contributed by atoms with Crippen LogP contribution < -0.4 is 5.32 Å². The first kappa shape index (κ1) is 26.7. The minimum Gasteiger partial charge on any atom is -0.508 e. The average Bonchev–Trinajstić information content (AvgIpc) is 2.60. The lowest BCUT2D eigenvalue weighted by molar-refractivity contribution is -0.0152. The van der Waals surface area contributed by atoms with Crippen molar-refractivity contribution in [1.82, 2.24) is 5.32 Å². The number of carbonyl (C=O) groups is 1. The molecule has 0 bridgehead atoms. The monoisotopic (exact) mass is 465 g/mol. The van der Waals surface area contributed by atoms with E-state index in [1.54, 1.807) is 12.1 Å². The predicted molar refractivity (Wildman–Crippen MR) is 130 cm³/mol. The Balaban J connectivity index is 2.19. The maximum atomic E-state index is 12.7. The molecule has 1 aromatic carbocycles. The first-order valence-electron chi connectivity index (χ1n) is 11.6. The fourth-order valence-corrected chi connectivity index (χ4v) is 9.67. The molecule has 6 nitrogen and oxygen atoms in total. The average molecular weight is 466 g/mol. The molecule has 32 heavy (non-hydrogen) atoms. The standard InChI is InChI=1S/C25H43NO5Si/c1-22(2,3)31-21(28)26-25(16-10-11-19-12-14-20(27)15-13-19)17-29-32(30-18-25,23(4,5)6)24(7,8)9/h12-15,27H,10-11,16-18H2,1-9H3,(H,26,28). The maximum Gasteiger partial charge on any atom is 0.408 e. The van der Waals surface area contributed by atoms with Gasteiger partial charge >= 0.3 is 14.7 Å². The van der Waals surface area contributed by atoms with Crippen LogP contribution in [0.5, 0.6) is 5.75 Å². The zero-order chi connectivity index (χ0) is 24.4. The van der Waals surface area contributed by atoms with Crippen LogP contribution in [0.2, 0.25) is 10.1 Å². The third kappa shape index (κ3) is 6.48. The van der Waals surface area contributed by atoms with Crippen molar-refractivity contribution in [3.05, 3.63) is 29.8 Å². The van der Waals surface area contributed by atoms with Crippen LogP contribution in [0.25, 0.3) is 0 Å². The molecule has 2 N–H and O–H groups in total. The van der Waals surface area contributed by atoms with Crippen LogP contribution in [-0.2, 0) is 20.0 Å². The van der Waals surface area contributed by atoms with Gasteiger partial charge in [0.1, 0.15) is 11.4 Å². The number of ether oxygens (including phenoxy) is 1. The second-order valence-electron chi connectivity index (χ2n) is 12.1. The Bertz CT molecular complexity index is 747. The summed E-state index contributed by atoms with van der Waals surface area (Å²) in [5.41, 5.74) is -0.0871. The SMILES string of the molecule is CC(C)(C)OC(=O)NC1(CCCc2ccc(O)cc2)CO[Si](C(C)(C)C)(C(C)(C)C)OC1. The van der Waals surface area contributed by atoms with Crippen molar-refractivity contribution in [2.24, 2.45) is 0 Å². The van der Waals surface area contributed by atoms with E-state index in [1.807, 2.05) is 32.9 Å². The van der Waals surface area contributed by atoms with Crippen LogP contribution in [-0.4, -0.2) is 44.1 Å². The largest absolute Gasteiger partial charge is 0.508 e. The Morgan fingerprint density at radius 1 is 1.00 bits per heavy atom. The van der Waals surface area contributed by atoms with Crippen LogP contribution in [0, 0.1) is 0 Å². The van der Waals surface area contributed by atoms with Crippen molar-refractivity contribution in [2.75, 3.05) is 13.2 Å². The van der Waals surface area contributed by atoms with Gasteiger partial charge in [-0.3, -0.25) is 0 Å². The van der Waals surface area contributed by atoms with Crippen LogP contribution in [0.4, 0.5) is 4.79 Å². The molecule has 1 heterocycles. The van der Waals surface area contributed by atoms with E-state index in [0.29, 0.717) is 19.6 Å². The lowest BCUT2D eigenvalue weighted by Gasteiger charge is -2.55. The van der Waals surface area contributed by atoms with Crippen molar-refractivity contribution < 1.29 is 23.5 Å². The van der Waals surface area contributed by atoms with Gasteiger partial charge in [-0.15, -0.1) is 0 Å². The molecule has 0 aromatic heterocycles. The molecule has 0 radical (unpaired) electrons. The lowest BCUT2D eigenvalue weighted by atomic mass is 9.93. The molecule has 1 amide bonds. The van der Waals surface area contributed by atoms with Crippen LogP contribution in [0.3, 0.4) is 0 Å². The molecule has 2 rings (SSSR count). The number of benzene rings is 1. The van der Waals surface area contributed by atoms with Gasteiger partial charge in [-0.25, -0.2) is 4.79 Å². The van der Waals surface area contributed by atoms with Crippen LogP contribution in [0.1, 0.15) is 80.7 Å². The highest BCUT2D eigenvalue weighted by atomic mass is 28.4. The van der Waals surface area contributed by atoms with Crippen molar-refractivity contribution in [3.63, 3.8) is 0 Å². The van der Waals surface area contributed by atoms with E-state index in [4.69, 9.17) is 13.6 Å². The number of aryl methyl sites for hydroxylation is 1. The molecule has 0 atom stereocenters. The summed E-state index contributed by atoms with van der Waals surface area (Å²) >= 11 is 0. The summed E-state index contributed by atoms with van der Waals surface area (Å²) in [5, 5.41) is 12.4. The van der Waals surface area contributed by atoms with E-state index in [9.17, 15) is 9.90 Å². The minimum atomic E-state index is -2.60. The molecule has 182 valence electrons. The summed E-state index contributed by atoms with van der Waals surface area (Å²) in [6, 6.07) is 7.25. The number of hydrogen-bond donors (Lipinski definition) is 2. The van der Waals surface area contributed by atoms with Crippen molar-refractivity contribution in [1.29, 1.82) is 0 Å². The summed E-state index contributed by atoms with van der Waals surface area (Å²) in [5.74, 6) is 0.261. The van der Waals surface area contributed by atoms with Gasteiger partial charge in [0, 0.05) is 10.1 Å².